The fourth-order valence-corrected chi connectivity index (χ4v) is 3.30. The first-order valence-corrected chi connectivity index (χ1v) is 9.31. The van der Waals surface area contributed by atoms with E-state index in [0.717, 1.165) is 21.1 Å². The first-order valence-electron chi connectivity index (χ1n) is 8.49. The predicted molar refractivity (Wildman–Crippen MR) is 118 cm³/mol. The first-order chi connectivity index (χ1) is 12.9. The topological polar surface area (TPSA) is 67.8 Å². The molecular formula is C18H25F2IN4O2S. The van der Waals surface area contributed by atoms with Gasteiger partial charge in [-0.15, -0.1) is 35.3 Å². The van der Waals surface area contributed by atoms with Crippen LogP contribution in [0.2, 0.25) is 0 Å². The average molecular weight is 526 g/mol. The molecule has 0 fully saturated rings. The zero-order chi connectivity index (χ0) is 19.8. The monoisotopic (exact) mass is 526 g/mol. The van der Waals surface area contributed by atoms with Crippen LogP contribution in [0.1, 0.15) is 28.1 Å². The van der Waals surface area contributed by atoms with Crippen molar-refractivity contribution < 1.29 is 18.3 Å². The van der Waals surface area contributed by atoms with Crippen LogP contribution in [0.15, 0.2) is 23.2 Å². The number of nitrogens with zero attached hydrogens (tertiary/aromatic N) is 2. The van der Waals surface area contributed by atoms with E-state index >= 15 is 0 Å². The Kier molecular flexibility index (Phi) is 10.4. The molecule has 156 valence electrons. The minimum Gasteiger partial charge on any atom is -0.493 e. The molecule has 1 aromatic carbocycles. The lowest BCUT2D eigenvalue weighted by Gasteiger charge is -2.12. The molecule has 2 aromatic rings. The Morgan fingerprint density at radius 3 is 2.57 bits per heavy atom. The molecule has 1 aromatic heterocycles. The number of rotatable bonds is 8. The number of hydrogen-bond donors (Lipinski definition) is 2. The second-order valence-electron chi connectivity index (χ2n) is 5.65. The Morgan fingerprint density at radius 2 is 2.00 bits per heavy atom. The molecule has 0 atom stereocenters. The molecular weight excluding hydrogens is 501 g/mol. The quantitative estimate of drug-likeness (QED) is 0.306. The molecule has 0 radical (unpaired) electrons. The van der Waals surface area contributed by atoms with E-state index in [1.807, 2.05) is 20.8 Å². The molecule has 2 N–H and O–H groups in total. The Hall–Kier alpha value is -1.69. The van der Waals surface area contributed by atoms with Crippen LogP contribution >= 0.6 is 35.3 Å². The van der Waals surface area contributed by atoms with Crippen molar-refractivity contribution in [3.05, 3.63) is 39.3 Å². The van der Waals surface area contributed by atoms with Gasteiger partial charge in [0.25, 0.3) is 0 Å². The molecule has 0 aliphatic rings. The van der Waals surface area contributed by atoms with Crippen LogP contribution in [0, 0.1) is 13.8 Å². The van der Waals surface area contributed by atoms with Gasteiger partial charge in [0.15, 0.2) is 17.5 Å². The number of hydrogen-bond acceptors (Lipinski definition) is 5. The third kappa shape index (κ3) is 7.38. The van der Waals surface area contributed by atoms with Gasteiger partial charge in [-0.25, -0.2) is 9.98 Å². The van der Waals surface area contributed by atoms with E-state index in [1.54, 1.807) is 23.5 Å². The maximum absolute atomic E-state index is 12.5. The maximum atomic E-state index is 12.5. The van der Waals surface area contributed by atoms with Crippen LogP contribution < -0.4 is 20.1 Å². The fourth-order valence-electron chi connectivity index (χ4n) is 2.42. The summed E-state index contributed by atoms with van der Waals surface area (Å²) in [4.78, 5) is 10.1. The van der Waals surface area contributed by atoms with Gasteiger partial charge in [0.05, 0.1) is 30.9 Å². The van der Waals surface area contributed by atoms with Gasteiger partial charge in [0, 0.05) is 11.4 Å². The van der Waals surface area contributed by atoms with Crippen molar-refractivity contribution in [2.75, 3.05) is 13.7 Å². The largest absolute Gasteiger partial charge is 0.493 e. The number of methoxy groups -OCH3 is 1. The highest BCUT2D eigenvalue weighted by molar-refractivity contribution is 14.0. The molecule has 1 heterocycles. The molecule has 2 rings (SSSR count). The molecule has 0 bridgehead atoms. The summed E-state index contributed by atoms with van der Waals surface area (Å²) in [6.45, 7) is 4.64. The number of aryl methyl sites for hydroxylation is 2. The molecule has 0 saturated heterocycles. The SMILES string of the molecule is CCNC(=NCc1ccc(OC)c(OC(F)F)c1)NCc1sc(C)nc1C.I. The molecule has 0 aliphatic carbocycles. The standard InChI is InChI=1S/C18H24F2N4O2S.HI/c1-5-21-18(23-10-16-11(2)24-12(3)27-16)22-9-13-6-7-14(25-4)15(8-13)26-17(19)20;/h6-8,17H,5,9-10H2,1-4H3,(H2,21,22,23);1H. The van der Waals surface area contributed by atoms with Gasteiger partial charge >= 0.3 is 6.61 Å². The number of benzene rings is 1. The number of guanidine groups is 1. The van der Waals surface area contributed by atoms with Gasteiger partial charge in [-0.1, -0.05) is 6.07 Å². The van der Waals surface area contributed by atoms with Crippen LogP contribution in [0.25, 0.3) is 0 Å². The van der Waals surface area contributed by atoms with Gasteiger partial charge in [0.1, 0.15) is 0 Å². The van der Waals surface area contributed by atoms with E-state index in [0.29, 0.717) is 25.6 Å². The van der Waals surface area contributed by atoms with E-state index in [9.17, 15) is 8.78 Å². The van der Waals surface area contributed by atoms with Gasteiger partial charge in [0.2, 0.25) is 0 Å². The molecule has 0 amide bonds. The minimum atomic E-state index is -2.91. The Balaban J connectivity index is 0.00000392. The number of thiazole rings is 1. The highest BCUT2D eigenvalue weighted by Gasteiger charge is 2.11. The highest BCUT2D eigenvalue weighted by Crippen LogP contribution is 2.29. The van der Waals surface area contributed by atoms with Gasteiger partial charge in [-0.05, 0) is 38.5 Å². The Labute approximate surface area is 184 Å². The third-order valence-corrected chi connectivity index (χ3v) is 4.70. The zero-order valence-corrected chi connectivity index (χ0v) is 19.4. The first kappa shape index (κ1) is 24.3. The van der Waals surface area contributed by atoms with Crippen molar-refractivity contribution in [2.45, 2.75) is 40.5 Å². The van der Waals surface area contributed by atoms with Crippen LogP contribution in [-0.2, 0) is 13.1 Å². The zero-order valence-electron chi connectivity index (χ0n) is 16.2. The Morgan fingerprint density at radius 1 is 1.25 bits per heavy atom. The lowest BCUT2D eigenvalue weighted by Crippen LogP contribution is -2.36. The number of aromatic nitrogens is 1. The van der Waals surface area contributed by atoms with Crippen LogP contribution in [0.4, 0.5) is 8.78 Å². The third-order valence-electron chi connectivity index (χ3n) is 3.62. The van der Waals surface area contributed by atoms with E-state index in [4.69, 9.17) is 4.74 Å². The summed E-state index contributed by atoms with van der Waals surface area (Å²) in [5, 5.41) is 7.45. The van der Waals surface area contributed by atoms with E-state index in [-0.39, 0.29) is 35.5 Å². The lowest BCUT2D eigenvalue weighted by atomic mass is 10.2. The van der Waals surface area contributed by atoms with Crippen LogP contribution in [-0.4, -0.2) is 31.2 Å². The number of halogens is 3. The van der Waals surface area contributed by atoms with Crippen LogP contribution in [0.3, 0.4) is 0 Å². The summed E-state index contributed by atoms with van der Waals surface area (Å²) in [5.74, 6) is 0.883. The summed E-state index contributed by atoms with van der Waals surface area (Å²) < 4.78 is 34.6. The Bertz CT molecular complexity index is 787. The summed E-state index contributed by atoms with van der Waals surface area (Å²) in [6.07, 6.45) is 0. The molecule has 6 nitrogen and oxygen atoms in total. The smallest absolute Gasteiger partial charge is 0.387 e. The minimum absolute atomic E-state index is 0. The number of ether oxygens (including phenoxy) is 2. The fraction of sp³-hybridized carbons (Fsp3) is 0.444. The lowest BCUT2D eigenvalue weighted by molar-refractivity contribution is -0.0512. The molecule has 28 heavy (non-hydrogen) atoms. The van der Waals surface area contributed by atoms with Gasteiger partial charge in [-0.3, -0.25) is 0 Å². The van der Waals surface area contributed by atoms with Crippen molar-refractivity contribution in [3.8, 4) is 11.5 Å². The summed E-state index contributed by atoms with van der Waals surface area (Å²) in [7, 11) is 1.40. The summed E-state index contributed by atoms with van der Waals surface area (Å²) in [6, 6.07) is 4.86. The van der Waals surface area contributed by atoms with Crippen molar-refractivity contribution in [1.82, 2.24) is 15.6 Å². The molecule has 0 unspecified atom stereocenters. The van der Waals surface area contributed by atoms with E-state index in [1.165, 1.54) is 13.2 Å². The van der Waals surface area contributed by atoms with Crippen molar-refractivity contribution in [3.63, 3.8) is 0 Å². The van der Waals surface area contributed by atoms with E-state index in [2.05, 4.69) is 25.3 Å². The summed E-state index contributed by atoms with van der Waals surface area (Å²) >= 11 is 1.64. The number of alkyl halides is 2. The predicted octanol–water partition coefficient (Wildman–Crippen LogP) is 4.24. The van der Waals surface area contributed by atoms with E-state index < -0.39 is 6.61 Å². The second kappa shape index (κ2) is 12.0. The molecule has 0 spiro atoms. The molecule has 10 heteroatoms. The highest BCUT2D eigenvalue weighted by atomic mass is 127. The van der Waals surface area contributed by atoms with Gasteiger partial charge < -0.3 is 20.1 Å². The van der Waals surface area contributed by atoms with Crippen LogP contribution in [0.5, 0.6) is 11.5 Å². The molecule has 0 saturated carbocycles. The van der Waals surface area contributed by atoms with Crippen molar-refractivity contribution in [1.29, 1.82) is 0 Å². The number of aliphatic imine (C=N–C) groups is 1. The maximum Gasteiger partial charge on any atom is 0.387 e. The molecule has 0 aliphatic heterocycles. The van der Waals surface area contributed by atoms with Crippen molar-refractivity contribution in [2.24, 2.45) is 4.99 Å². The van der Waals surface area contributed by atoms with Gasteiger partial charge in [-0.2, -0.15) is 8.78 Å². The van der Waals surface area contributed by atoms with Crippen molar-refractivity contribution >= 4 is 41.3 Å². The average Bonchev–Trinajstić information content (AvgIpc) is 2.94. The normalized spacial score (nSPS) is 11.2. The second-order valence-corrected chi connectivity index (χ2v) is 6.94. The summed E-state index contributed by atoms with van der Waals surface area (Å²) in [5.41, 5.74) is 1.73. The number of nitrogens with one attached hydrogen (secondary N) is 2.